The molecule has 2 atom stereocenters. The van der Waals surface area contributed by atoms with Gasteiger partial charge in [-0.3, -0.25) is 14.6 Å². The van der Waals surface area contributed by atoms with Crippen molar-refractivity contribution < 1.29 is 0 Å². The molecule has 5 heteroatoms. The summed E-state index contributed by atoms with van der Waals surface area (Å²) in [4.78, 5) is 18.5. The van der Waals surface area contributed by atoms with Crippen LogP contribution < -0.4 is 10.9 Å². The van der Waals surface area contributed by atoms with E-state index in [0.717, 1.165) is 51.4 Å². The Balaban J connectivity index is 1.13. The second-order valence-corrected chi connectivity index (χ2v) is 10.2. The van der Waals surface area contributed by atoms with Crippen LogP contribution in [0.4, 0.5) is 0 Å². The van der Waals surface area contributed by atoms with Gasteiger partial charge >= 0.3 is 0 Å². The summed E-state index contributed by atoms with van der Waals surface area (Å²) in [7, 11) is 0. The maximum Gasteiger partial charge on any atom is 0.255 e. The molecule has 2 aromatic rings. The van der Waals surface area contributed by atoms with Gasteiger partial charge in [-0.1, -0.05) is 30.3 Å². The molecule has 2 bridgehead atoms. The van der Waals surface area contributed by atoms with Crippen LogP contribution in [0.1, 0.15) is 41.1 Å². The lowest BCUT2D eigenvalue weighted by Crippen LogP contribution is -2.45. The normalized spacial score (nSPS) is 27.0. The van der Waals surface area contributed by atoms with Gasteiger partial charge in [-0.15, -0.1) is 0 Å². The molecule has 1 N–H and O–H groups in total. The van der Waals surface area contributed by atoms with Crippen molar-refractivity contribution in [3.05, 3.63) is 69.1 Å². The molecule has 2 saturated heterocycles. The number of hydrogen-bond donors (Lipinski definition) is 1. The first-order valence-electron chi connectivity index (χ1n) is 12.2. The van der Waals surface area contributed by atoms with Crippen molar-refractivity contribution >= 4 is 0 Å². The minimum Gasteiger partial charge on any atom is -0.316 e. The highest BCUT2D eigenvalue weighted by Gasteiger charge is 2.32. The molecule has 0 saturated carbocycles. The van der Waals surface area contributed by atoms with E-state index in [1.165, 1.54) is 49.0 Å². The van der Waals surface area contributed by atoms with Gasteiger partial charge in [-0.2, -0.15) is 0 Å². The molecule has 5 nitrogen and oxygen atoms in total. The molecule has 4 aliphatic rings. The Labute approximate surface area is 185 Å². The molecule has 4 heterocycles. The fraction of sp³-hybridized carbons (Fsp3) is 0.577. The van der Waals surface area contributed by atoms with Crippen LogP contribution in [-0.4, -0.2) is 59.7 Å². The minimum absolute atomic E-state index is 0.265. The zero-order valence-corrected chi connectivity index (χ0v) is 18.4. The Bertz CT molecular complexity index is 990. The zero-order valence-electron chi connectivity index (χ0n) is 18.4. The van der Waals surface area contributed by atoms with E-state index in [1.54, 1.807) is 0 Å². The first kappa shape index (κ1) is 19.7. The molecule has 1 aromatic heterocycles. The summed E-state index contributed by atoms with van der Waals surface area (Å²) in [6, 6.07) is 14.0. The lowest BCUT2D eigenvalue weighted by molar-refractivity contribution is 0.200. The van der Waals surface area contributed by atoms with E-state index in [2.05, 4.69) is 56.1 Å². The van der Waals surface area contributed by atoms with E-state index in [4.69, 9.17) is 0 Å². The Morgan fingerprint density at radius 3 is 2.61 bits per heavy atom. The van der Waals surface area contributed by atoms with Crippen LogP contribution in [0, 0.1) is 5.92 Å². The molecule has 0 spiro atoms. The van der Waals surface area contributed by atoms with Gasteiger partial charge in [-0.05, 0) is 68.4 Å². The average Bonchev–Trinajstić information content (AvgIpc) is 3.08. The van der Waals surface area contributed by atoms with Crippen molar-refractivity contribution in [2.75, 3.05) is 39.3 Å². The number of benzene rings is 1. The largest absolute Gasteiger partial charge is 0.316 e. The van der Waals surface area contributed by atoms with Crippen molar-refractivity contribution in [3.63, 3.8) is 0 Å². The number of pyridine rings is 1. The lowest BCUT2D eigenvalue weighted by Gasteiger charge is -2.37. The van der Waals surface area contributed by atoms with Crippen LogP contribution in [0.15, 0.2) is 41.2 Å². The SMILES string of the molecule is O=c1c(CN2CCCN(C3Cc4ccccc4C3)CC2)ccc2n1C[C@@H]1CNC[C@H]2C1. The van der Waals surface area contributed by atoms with Crippen molar-refractivity contribution in [2.24, 2.45) is 5.92 Å². The fourth-order valence-electron chi connectivity index (χ4n) is 6.51. The van der Waals surface area contributed by atoms with Gasteiger partial charge in [0.1, 0.15) is 0 Å². The predicted molar refractivity (Wildman–Crippen MR) is 124 cm³/mol. The summed E-state index contributed by atoms with van der Waals surface area (Å²) in [6.07, 6.45) is 4.81. The molecular weight excluding hydrogens is 384 g/mol. The molecule has 1 aliphatic carbocycles. The number of rotatable bonds is 3. The van der Waals surface area contributed by atoms with E-state index in [9.17, 15) is 4.79 Å². The maximum atomic E-state index is 13.3. The van der Waals surface area contributed by atoms with Crippen molar-refractivity contribution in [1.29, 1.82) is 0 Å². The number of piperidine rings is 1. The second-order valence-electron chi connectivity index (χ2n) is 10.2. The molecule has 0 radical (unpaired) electrons. The van der Waals surface area contributed by atoms with E-state index in [0.29, 0.717) is 17.9 Å². The molecule has 2 fully saturated rings. The lowest BCUT2D eigenvalue weighted by atomic mass is 9.84. The predicted octanol–water partition coefficient (Wildman–Crippen LogP) is 2.23. The summed E-state index contributed by atoms with van der Waals surface area (Å²) >= 11 is 0. The third-order valence-corrected chi connectivity index (χ3v) is 8.15. The van der Waals surface area contributed by atoms with Gasteiger partial charge in [0.25, 0.3) is 5.56 Å². The number of nitrogens with one attached hydrogen (secondary N) is 1. The average molecular weight is 419 g/mol. The zero-order chi connectivity index (χ0) is 20.8. The van der Waals surface area contributed by atoms with Crippen LogP contribution >= 0.6 is 0 Å². The van der Waals surface area contributed by atoms with Crippen LogP contribution in [0.2, 0.25) is 0 Å². The molecule has 6 rings (SSSR count). The van der Waals surface area contributed by atoms with Crippen LogP contribution in [0.5, 0.6) is 0 Å². The Kier molecular flexibility index (Phi) is 5.21. The molecule has 0 unspecified atom stereocenters. The van der Waals surface area contributed by atoms with Crippen LogP contribution in [0.3, 0.4) is 0 Å². The highest BCUT2D eigenvalue weighted by molar-refractivity contribution is 5.33. The maximum absolute atomic E-state index is 13.3. The highest BCUT2D eigenvalue weighted by Crippen LogP contribution is 2.32. The third-order valence-electron chi connectivity index (χ3n) is 8.15. The second kappa shape index (κ2) is 8.19. The van der Waals surface area contributed by atoms with Crippen molar-refractivity contribution in [2.45, 2.75) is 50.7 Å². The monoisotopic (exact) mass is 418 g/mol. The molecule has 0 amide bonds. The topological polar surface area (TPSA) is 40.5 Å². The number of aromatic nitrogens is 1. The molecule has 3 aliphatic heterocycles. The molecule has 164 valence electrons. The Hall–Kier alpha value is -1.95. The highest BCUT2D eigenvalue weighted by atomic mass is 16.1. The number of nitrogens with zero attached hydrogens (tertiary/aromatic N) is 3. The third kappa shape index (κ3) is 3.77. The number of fused-ring (bicyclic) bond motifs is 5. The fourth-order valence-corrected chi connectivity index (χ4v) is 6.51. The van der Waals surface area contributed by atoms with E-state index >= 15 is 0 Å². The van der Waals surface area contributed by atoms with Gasteiger partial charge in [-0.25, -0.2) is 0 Å². The van der Waals surface area contributed by atoms with Crippen LogP contribution in [0.25, 0.3) is 0 Å². The van der Waals surface area contributed by atoms with Crippen molar-refractivity contribution in [1.82, 2.24) is 19.7 Å². The van der Waals surface area contributed by atoms with E-state index in [1.807, 2.05) is 0 Å². The molecule has 1 aromatic carbocycles. The van der Waals surface area contributed by atoms with Gasteiger partial charge in [0.15, 0.2) is 0 Å². The summed E-state index contributed by atoms with van der Waals surface area (Å²) in [5.74, 6) is 1.12. The smallest absolute Gasteiger partial charge is 0.255 e. The molecule has 31 heavy (non-hydrogen) atoms. The first-order valence-corrected chi connectivity index (χ1v) is 12.2. The van der Waals surface area contributed by atoms with E-state index in [-0.39, 0.29) is 5.56 Å². The van der Waals surface area contributed by atoms with Crippen LogP contribution in [-0.2, 0) is 25.9 Å². The Morgan fingerprint density at radius 2 is 1.77 bits per heavy atom. The van der Waals surface area contributed by atoms with Gasteiger partial charge in [0.05, 0.1) is 0 Å². The summed E-state index contributed by atoms with van der Waals surface area (Å²) in [5.41, 5.74) is 5.58. The Morgan fingerprint density at radius 1 is 0.935 bits per heavy atom. The summed E-state index contributed by atoms with van der Waals surface area (Å²) in [5, 5.41) is 3.54. The van der Waals surface area contributed by atoms with Gasteiger partial charge < -0.3 is 9.88 Å². The van der Waals surface area contributed by atoms with Crippen molar-refractivity contribution in [3.8, 4) is 0 Å². The quantitative estimate of drug-likeness (QED) is 0.830. The number of hydrogen-bond acceptors (Lipinski definition) is 4. The first-order chi connectivity index (χ1) is 15.2. The standard InChI is InChI=1S/C26H34N4O/c31-26-22(6-7-25-23-12-19(15-27-16-23)17-30(25)26)18-28-8-3-9-29(11-10-28)24-13-20-4-1-2-5-21(20)14-24/h1-2,4-7,19,23-24,27H,3,8-18H2/t19-,23+/m0/s1. The van der Waals surface area contributed by atoms with Gasteiger partial charge in [0, 0.05) is 55.9 Å². The summed E-state index contributed by atoms with van der Waals surface area (Å²) < 4.78 is 2.11. The minimum atomic E-state index is 0.265. The molecular formula is C26H34N4O. The van der Waals surface area contributed by atoms with Gasteiger partial charge in [0.2, 0.25) is 0 Å². The van der Waals surface area contributed by atoms with E-state index < -0.39 is 0 Å². The summed E-state index contributed by atoms with van der Waals surface area (Å²) in [6.45, 7) is 8.19.